The van der Waals surface area contributed by atoms with E-state index in [2.05, 4.69) is 4.89 Å². The van der Waals surface area contributed by atoms with Crippen LogP contribution in [-0.2, 0) is 9.68 Å². The van der Waals surface area contributed by atoms with Gasteiger partial charge in [0, 0.05) is 0 Å². The van der Waals surface area contributed by atoms with Crippen LogP contribution >= 0.6 is 0 Å². The SMILES string of the molecule is CC(O)C(N)C(=O)OO. The van der Waals surface area contributed by atoms with Crippen molar-refractivity contribution >= 4 is 5.97 Å². The molecule has 2 atom stereocenters. The topological polar surface area (TPSA) is 92.8 Å². The van der Waals surface area contributed by atoms with Gasteiger partial charge in [0.05, 0.1) is 6.10 Å². The van der Waals surface area contributed by atoms with Crippen LogP contribution in [0.4, 0.5) is 0 Å². The van der Waals surface area contributed by atoms with E-state index in [1.807, 2.05) is 0 Å². The highest BCUT2D eigenvalue weighted by molar-refractivity contribution is 5.75. The van der Waals surface area contributed by atoms with Crippen LogP contribution < -0.4 is 5.73 Å². The molecule has 0 aliphatic heterocycles. The van der Waals surface area contributed by atoms with E-state index < -0.39 is 18.1 Å². The molecule has 0 aromatic rings. The summed E-state index contributed by atoms with van der Waals surface area (Å²) in [5, 5.41) is 16.3. The smallest absolute Gasteiger partial charge is 0.361 e. The van der Waals surface area contributed by atoms with E-state index in [4.69, 9.17) is 16.1 Å². The van der Waals surface area contributed by atoms with Crippen LogP contribution in [0.25, 0.3) is 0 Å². The van der Waals surface area contributed by atoms with Gasteiger partial charge in [-0.15, -0.1) is 0 Å². The zero-order valence-electron chi connectivity index (χ0n) is 4.94. The predicted octanol–water partition coefficient (Wildman–Crippen LogP) is -1.29. The number of carbonyl (C=O) groups is 1. The van der Waals surface area contributed by atoms with Gasteiger partial charge < -0.3 is 10.8 Å². The fourth-order valence-corrected chi connectivity index (χ4v) is 0.258. The Labute approximate surface area is 52.0 Å². The van der Waals surface area contributed by atoms with Crippen molar-refractivity contribution in [3.05, 3.63) is 0 Å². The van der Waals surface area contributed by atoms with E-state index in [-0.39, 0.29) is 0 Å². The molecule has 0 rings (SSSR count). The number of aliphatic hydroxyl groups is 1. The Kier molecular flexibility index (Phi) is 3.15. The first kappa shape index (κ1) is 8.35. The number of rotatable bonds is 2. The third kappa shape index (κ3) is 2.41. The van der Waals surface area contributed by atoms with Crippen molar-refractivity contribution in [2.24, 2.45) is 5.73 Å². The molecule has 5 nitrogen and oxygen atoms in total. The van der Waals surface area contributed by atoms with Gasteiger partial charge in [0.25, 0.3) is 0 Å². The lowest BCUT2D eigenvalue weighted by molar-refractivity contribution is -0.237. The summed E-state index contributed by atoms with van der Waals surface area (Å²) in [5.41, 5.74) is 4.99. The van der Waals surface area contributed by atoms with Crippen LogP contribution in [0.3, 0.4) is 0 Å². The van der Waals surface area contributed by atoms with Crippen molar-refractivity contribution < 1.29 is 20.0 Å². The molecule has 0 aromatic carbocycles. The molecule has 0 radical (unpaired) electrons. The second-order valence-electron chi connectivity index (χ2n) is 1.68. The van der Waals surface area contributed by atoms with Gasteiger partial charge in [-0.05, 0) is 6.92 Å². The number of hydrogen-bond donors (Lipinski definition) is 3. The lowest BCUT2D eigenvalue weighted by atomic mass is 10.2. The average Bonchev–Trinajstić information content (AvgIpc) is 1.84. The molecule has 0 spiro atoms. The molecule has 0 aliphatic carbocycles. The zero-order valence-corrected chi connectivity index (χ0v) is 4.94. The molecule has 2 unspecified atom stereocenters. The molecule has 0 aliphatic rings. The van der Waals surface area contributed by atoms with Gasteiger partial charge in [-0.2, -0.15) is 5.26 Å². The predicted molar refractivity (Wildman–Crippen MR) is 28.4 cm³/mol. The van der Waals surface area contributed by atoms with Gasteiger partial charge in [-0.1, -0.05) is 0 Å². The standard InChI is InChI=1S/C4H9NO4/c1-2(6)3(5)4(7)9-8/h2-3,6,8H,5H2,1H3. The molecule has 0 heterocycles. The fraction of sp³-hybridized carbons (Fsp3) is 0.750. The first-order valence-electron chi connectivity index (χ1n) is 2.38. The highest BCUT2D eigenvalue weighted by Crippen LogP contribution is 1.89. The Morgan fingerprint density at radius 1 is 1.78 bits per heavy atom. The maximum absolute atomic E-state index is 10.2. The summed E-state index contributed by atoms with van der Waals surface area (Å²) in [7, 11) is 0. The van der Waals surface area contributed by atoms with Crippen LogP contribution in [0.2, 0.25) is 0 Å². The summed E-state index contributed by atoms with van der Waals surface area (Å²) in [5.74, 6) is -1.04. The Hall–Kier alpha value is -0.650. The second-order valence-corrected chi connectivity index (χ2v) is 1.68. The monoisotopic (exact) mass is 135 g/mol. The van der Waals surface area contributed by atoms with Crippen LogP contribution in [0.15, 0.2) is 0 Å². The molecule has 54 valence electrons. The minimum atomic E-state index is -1.17. The average molecular weight is 135 g/mol. The zero-order chi connectivity index (χ0) is 7.44. The number of hydrogen-bond acceptors (Lipinski definition) is 5. The summed E-state index contributed by atoms with van der Waals surface area (Å²) in [6.45, 7) is 1.32. The first-order valence-corrected chi connectivity index (χ1v) is 2.38. The minimum absolute atomic E-state index is 1.01. The van der Waals surface area contributed by atoms with Gasteiger partial charge in [-0.3, -0.25) is 4.89 Å². The van der Waals surface area contributed by atoms with Crippen LogP contribution in [-0.4, -0.2) is 28.5 Å². The van der Waals surface area contributed by atoms with E-state index in [0.717, 1.165) is 0 Å². The van der Waals surface area contributed by atoms with Crippen molar-refractivity contribution in [1.29, 1.82) is 0 Å². The molecule has 0 fully saturated rings. The molecule has 4 N–H and O–H groups in total. The molecule has 5 heteroatoms. The van der Waals surface area contributed by atoms with E-state index >= 15 is 0 Å². The van der Waals surface area contributed by atoms with Crippen molar-refractivity contribution in [2.75, 3.05) is 0 Å². The molecule has 0 aromatic heterocycles. The Balaban J connectivity index is 3.72. The van der Waals surface area contributed by atoms with Crippen molar-refractivity contribution in [3.63, 3.8) is 0 Å². The quantitative estimate of drug-likeness (QED) is 0.323. The highest BCUT2D eigenvalue weighted by atomic mass is 17.1. The molecule has 0 saturated heterocycles. The van der Waals surface area contributed by atoms with E-state index in [9.17, 15) is 4.79 Å². The Bertz CT molecular complexity index is 103. The molecule has 0 saturated carbocycles. The highest BCUT2D eigenvalue weighted by Gasteiger charge is 2.19. The van der Waals surface area contributed by atoms with Crippen molar-refractivity contribution in [1.82, 2.24) is 0 Å². The summed E-state index contributed by atoms with van der Waals surface area (Å²) >= 11 is 0. The normalized spacial score (nSPS) is 16.4. The number of nitrogens with two attached hydrogens (primary N) is 1. The first-order chi connectivity index (χ1) is 4.09. The summed E-state index contributed by atoms with van der Waals surface area (Å²) in [6, 6.07) is -1.17. The van der Waals surface area contributed by atoms with Crippen LogP contribution in [0.1, 0.15) is 6.92 Å². The summed E-state index contributed by atoms with van der Waals surface area (Å²) in [6.07, 6.45) is -1.01. The number of aliphatic hydroxyl groups excluding tert-OH is 1. The van der Waals surface area contributed by atoms with Crippen LogP contribution in [0.5, 0.6) is 0 Å². The minimum Gasteiger partial charge on any atom is -0.391 e. The van der Waals surface area contributed by atoms with Gasteiger partial charge in [0.1, 0.15) is 6.04 Å². The van der Waals surface area contributed by atoms with Gasteiger partial charge in [-0.25, -0.2) is 4.79 Å². The van der Waals surface area contributed by atoms with Gasteiger partial charge in [0.15, 0.2) is 0 Å². The van der Waals surface area contributed by atoms with Gasteiger partial charge >= 0.3 is 5.97 Å². The molecule has 9 heavy (non-hydrogen) atoms. The summed E-state index contributed by atoms with van der Waals surface area (Å²) < 4.78 is 0. The molecular formula is C4H9NO4. The Morgan fingerprint density at radius 3 is 2.33 bits per heavy atom. The molecular weight excluding hydrogens is 126 g/mol. The lowest BCUT2D eigenvalue weighted by Crippen LogP contribution is -2.40. The fourth-order valence-electron chi connectivity index (χ4n) is 0.258. The maximum atomic E-state index is 10.2. The summed E-state index contributed by atoms with van der Waals surface area (Å²) in [4.78, 5) is 13.4. The molecule has 0 amide bonds. The van der Waals surface area contributed by atoms with Crippen molar-refractivity contribution in [3.8, 4) is 0 Å². The van der Waals surface area contributed by atoms with E-state index in [1.54, 1.807) is 0 Å². The van der Waals surface area contributed by atoms with E-state index in [0.29, 0.717) is 0 Å². The lowest BCUT2D eigenvalue weighted by Gasteiger charge is -2.08. The second kappa shape index (κ2) is 3.39. The van der Waals surface area contributed by atoms with E-state index in [1.165, 1.54) is 6.92 Å². The molecule has 0 bridgehead atoms. The Morgan fingerprint density at radius 2 is 2.22 bits per heavy atom. The van der Waals surface area contributed by atoms with Gasteiger partial charge in [0.2, 0.25) is 0 Å². The van der Waals surface area contributed by atoms with Crippen LogP contribution in [0, 0.1) is 0 Å². The number of carbonyl (C=O) groups excluding carboxylic acids is 1. The largest absolute Gasteiger partial charge is 0.391 e. The third-order valence-electron chi connectivity index (χ3n) is 0.882. The maximum Gasteiger partial charge on any atom is 0.361 e. The third-order valence-corrected chi connectivity index (χ3v) is 0.882. The van der Waals surface area contributed by atoms with Crippen molar-refractivity contribution in [2.45, 2.75) is 19.1 Å².